The molecule has 1 amide bonds. The second kappa shape index (κ2) is 7.69. The van der Waals surface area contributed by atoms with Crippen LogP contribution < -0.4 is 10.6 Å². The lowest BCUT2D eigenvalue weighted by atomic mass is 10.1. The van der Waals surface area contributed by atoms with Crippen LogP contribution in [0.1, 0.15) is 22.8 Å². The second-order valence-electron chi connectivity index (χ2n) is 5.56. The molecule has 3 aromatic rings. The largest absolute Gasteiger partial charge is 0.339 e. The number of aryl methyl sites for hydroxylation is 1. The molecule has 1 aromatic heterocycles. The van der Waals surface area contributed by atoms with Gasteiger partial charge in [0.05, 0.1) is 0 Å². The van der Waals surface area contributed by atoms with Gasteiger partial charge in [-0.05, 0) is 54.4 Å². The zero-order valence-corrected chi connectivity index (χ0v) is 14.0. The van der Waals surface area contributed by atoms with E-state index < -0.39 is 17.5 Å². The van der Waals surface area contributed by atoms with E-state index in [1.807, 2.05) is 24.3 Å². The molecule has 0 atom stereocenters. The molecule has 26 heavy (non-hydrogen) atoms. The highest BCUT2D eigenvalue weighted by Gasteiger charge is 2.11. The molecule has 0 fully saturated rings. The van der Waals surface area contributed by atoms with Crippen molar-refractivity contribution in [2.24, 2.45) is 0 Å². The van der Waals surface area contributed by atoms with Crippen molar-refractivity contribution in [1.29, 1.82) is 0 Å². The lowest BCUT2D eigenvalue weighted by molar-refractivity contribution is 0.102. The Morgan fingerprint density at radius 3 is 2.23 bits per heavy atom. The summed E-state index contributed by atoms with van der Waals surface area (Å²) in [5.41, 5.74) is 2.09. The normalized spacial score (nSPS) is 10.4. The minimum atomic E-state index is -1.09. The number of carbonyl (C=O) groups excluding carboxylic acids is 1. The Kier molecular flexibility index (Phi) is 5.17. The molecule has 0 saturated carbocycles. The van der Waals surface area contributed by atoms with Crippen molar-refractivity contribution < 1.29 is 13.6 Å². The van der Waals surface area contributed by atoms with E-state index in [1.54, 1.807) is 12.1 Å². The smallest absolute Gasteiger partial charge is 0.256 e. The summed E-state index contributed by atoms with van der Waals surface area (Å²) in [7, 11) is 0. The first-order valence-corrected chi connectivity index (χ1v) is 8.01. The molecule has 2 aromatic carbocycles. The molecule has 0 bridgehead atoms. The predicted molar refractivity (Wildman–Crippen MR) is 95.4 cm³/mol. The minimum absolute atomic E-state index is 0.0103. The van der Waals surface area contributed by atoms with Crippen molar-refractivity contribution in [2.75, 3.05) is 10.6 Å². The first kappa shape index (κ1) is 17.5. The van der Waals surface area contributed by atoms with Crippen molar-refractivity contribution in [3.8, 4) is 0 Å². The fourth-order valence-corrected chi connectivity index (χ4v) is 2.26. The summed E-state index contributed by atoms with van der Waals surface area (Å²) in [4.78, 5) is 12.0. The van der Waals surface area contributed by atoms with E-state index in [0.717, 1.165) is 24.2 Å². The zero-order chi connectivity index (χ0) is 18.5. The summed E-state index contributed by atoms with van der Waals surface area (Å²) in [6.07, 6.45) is 0.965. The number of halogens is 2. The van der Waals surface area contributed by atoms with E-state index in [9.17, 15) is 13.6 Å². The van der Waals surface area contributed by atoms with Crippen LogP contribution in [0.15, 0.2) is 54.6 Å². The number of benzene rings is 2. The third kappa shape index (κ3) is 4.18. The Bertz CT molecular complexity index is 912. The van der Waals surface area contributed by atoms with Gasteiger partial charge in [0.2, 0.25) is 0 Å². The minimum Gasteiger partial charge on any atom is -0.339 e. The average molecular weight is 354 g/mol. The summed E-state index contributed by atoms with van der Waals surface area (Å²) >= 11 is 0. The molecule has 0 radical (unpaired) electrons. The zero-order valence-electron chi connectivity index (χ0n) is 14.0. The van der Waals surface area contributed by atoms with Gasteiger partial charge in [0, 0.05) is 11.3 Å². The first-order valence-electron chi connectivity index (χ1n) is 8.01. The van der Waals surface area contributed by atoms with E-state index >= 15 is 0 Å². The fourth-order valence-electron chi connectivity index (χ4n) is 2.26. The van der Waals surface area contributed by atoms with Crippen molar-refractivity contribution in [3.05, 3.63) is 77.4 Å². The highest BCUT2D eigenvalue weighted by atomic mass is 19.2. The Labute approximate surface area is 149 Å². The molecule has 132 valence electrons. The molecule has 0 aliphatic carbocycles. The van der Waals surface area contributed by atoms with Crippen LogP contribution in [0.5, 0.6) is 0 Å². The van der Waals surface area contributed by atoms with Crippen molar-refractivity contribution in [2.45, 2.75) is 13.3 Å². The van der Waals surface area contributed by atoms with Crippen LogP contribution in [0.4, 0.5) is 26.1 Å². The number of anilines is 3. The van der Waals surface area contributed by atoms with Gasteiger partial charge in [-0.25, -0.2) is 8.78 Å². The molecule has 0 unspecified atom stereocenters. The SMILES string of the molecule is CCc1ccc(Nc2ccc(NC(=O)c3ccc(F)c(F)c3)nn2)cc1. The Balaban J connectivity index is 1.65. The molecular weight excluding hydrogens is 338 g/mol. The number of nitrogens with zero attached hydrogens (tertiary/aromatic N) is 2. The summed E-state index contributed by atoms with van der Waals surface area (Å²) in [5, 5.41) is 13.5. The van der Waals surface area contributed by atoms with E-state index in [-0.39, 0.29) is 11.4 Å². The monoisotopic (exact) mass is 354 g/mol. The lowest BCUT2D eigenvalue weighted by Crippen LogP contribution is -2.14. The maximum Gasteiger partial charge on any atom is 0.256 e. The standard InChI is InChI=1S/C19H16F2N4O/c1-2-12-3-6-14(7-4-12)22-17-9-10-18(25-24-17)23-19(26)13-5-8-15(20)16(21)11-13/h3-11H,2H2,1H3,(H,22,24)(H,23,25,26). The fraction of sp³-hybridized carbons (Fsp3) is 0.105. The van der Waals surface area contributed by atoms with Gasteiger partial charge in [0.25, 0.3) is 5.91 Å². The van der Waals surface area contributed by atoms with Crippen LogP contribution in [-0.4, -0.2) is 16.1 Å². The van der Waals surface area contributed by atoms with E-state index in [4.69, 9.17) is 0 Å². The molecule has 5 nitrogen and oxygen atoms in total. The molecular formula is C19H16F2N4O. The van der Waals surface area contributed by atoms with Crippen LogP contribution in [0.25, 0.3) is 0 Å². The molecule has 0 spiro atoms. The third-order valence-corrected chi connectivity index (χ3v) is 3.72. The van der Waals surface area contributed by atoms with E-state index in [1.165, 1.54) is 11.6 Å². The topological polar surface area (TPSA) is 66.9 Å². The Morgan fingerprint density at radius 2 is 1.62 bits per heavy atom. The number of rotatable bonds is 5. The van der Waals surface area contributed by atoms with Crippen molar-refractivity contribution >= 4 is 23.2 Å². The van der Waals surface area contributed by atoms with Crippen molar-refractivity contribution in [3.63, 3.8) is 0 Å². The number of hydrogen-bond acceptors (Lipinski definition) is 4. The molecule has 2 N–H and O–H groups in total. The van der Waals surface area contributed by atoms with Gasteiger partial charge in [-0.1, -0.05) is 19.1 Å². The summed E-state index contributed by atoms with van der Waals surface area (Å²) in [5.74, 6) is -1.98. The van der Waals surface area contributed by atoms with Gasteiger partial charge in [-0.2, -0.15) is 0 Å². The van der Waals surface area contributed by atoms with Gasteiger partial charge >= 0.3 is 0 Å². The first-order chi connectivity index (χ1) is 12.5. The number of amides is 1. The Morgan fingerprint density at radius 1 is 0.923 bits per heavy atom. The summed E-state index contributed by atoms with van der Waals surface area (Å²) in [6.45, 7) is 2.08. The molecule has 7 heteroatoms. The van der Waals surface area contributed by atoms with Crippen LogP contribution >= 0.6 is 0 Å². The van der Waals surface area contributed by atoms with Gasteiger partial charge in [-0.15, -0.1) is 10.2 Å². The molecule has 3 rings (SSSR count). The molecule has 0 aliphatic heterocycles. The maximum absolute atomic E-state index is 13.2. The number of carbonyl (C=O) groups is 1. The summed E-state index contributed by atoms with van der Waals surface area (Å²) < 4.78 is 26.1. The average Bonchev–Trinajstić information content (AvgIpc) is 2.66. The maximum atomic E-state index is 13.2. The Hall–Kier alpha value is -3.35. The molecule has 0 saturated heterocycles. The highest BCUT2D eigenvalue weighted by molar-refractivity contribution is 6.03. The van der Waals surface area contributed by atoms with Crippen LogP contribution in [0.2, 0.25) is 0 Å². The van der Waals surface area contributed by atoms with Gasteiger partial charge in [0.15, 0.2) is 23.3 Å². The van der Waals surface area contributed by atoms with E-state index in [2.05, 4.69) is 27.8 Å². The predicted octanol–water partition coefficient (Wildman–Crippen LogP) is 4.31. The molecule has 1 heterocycles. The summed E-state index contributed by atoms with van der Waals surface area (Å²) in [6, 6.07) is 14.1. The number of hydrogen-bond donors (Lipinski definition) is 2. The van der Waals surface area contributed by atoms with Crippen LogP contribution in [-0.2, 0) is 6.42 Å². The highest BCUT2D eigenvalue weighted by Crippen LogP contribution is 2.16. The quantitative estimate of drug-likeness (QED) is 0.716. The lowest BCUT2D eigenvalue weighted by Gasteiger charge is -2.07. The van der Waals surface area contributed by atoms with Crippen LogP contribution in [0, 0.1) is 11.6 Å². The number of nitrogens with one attached hydrogen (secondary N) is 2. The third-order valence-electron chi connectivity index (χ3n) is 3.72. The molecule has 0 aliphatic rings. The van der Waals surface area contributed by atoms with Crippen molar-refractivity contribution in [1.82, 2.24) is 10.2 Å². The second-order valence-corrected chi connectivity index (χ2v) is 5.56. The number of aromatic nitrogens is 2. The van der Waals surface area contributed by atoms with E-state index in [0.29, 0.717) is 5.82 Å². The van der Waals surface area contributed by atoms with Gasteiger partial charge in [0.1, 0.15) is 0 Å². The van der Waals surface area contributed by atoms with Gasteiger partial charge in [-0.3, -0.25) is 4.79 Å². The van der Waals surface area contributed by atoms with Gasteiger partial charge < -0.3 is 10.6 Å². The van der Waals surface area contributed by atoms with Crippen LogP contribution in [0.3, 0.4) is 0 Å².